The van der Waals surface area contributed by atoms with Crippen molar-refractivity contribution in [1.82, 2.24) is 10.3 Å². The van der Waals surface area contributed by atoms with Gasteiger partial charge in [0.15, 0.2) is 11.6 Å². The fourth-order valence-corrected chi connectivity index (χ4v) is 4.74. The Balaban J connectivity index is 1.72. The van der Waals surface area contributed by atoms with E-state index in [1.807, 2.05) is 6.07 Å². The second kappa shape index (κ2) is 11.5. The summed E-state index contributed by atoms with van der Waals surface area (Å²) in [4.78, 5) is 20.3. The summed E-state index contributed by atoms with van der Waals surface area (Å²) < 4.78 is 61.4. The summed E-state index contributed by atoms with van der Waals surface area (Å²) in [5.41, 5.74) is 0.573. The number of nitrogens with one attached hydrogen (secondary N) is 2. The number of pyridine rings is 1. The van der Waals surface area contributed by atoms with Crippen LogP contribution in [-0.2, 0) is 10.1 Å². The third kappa shape index (κ3) is 6.10. The second-order valence-corrected chi connectivity index (χ2v) is 10.5. The molecular formula is C25H23ClF2N6O4S. The Kier molecular flexibility index (Phi) is 8.31. The van der Waals surface area contributed by atoms with E-state index in [-0.39, 0.29) is 48.9 Å². The first-order valence-corrected chi connectivity index (χ1v) is 13.7. The lowest BCUT2D eigenvalue weighted by molar-refractivity contribution is 0.253. The first kappa shape index (κ1) is 28.2. The number of nitriles is 1. The van der Waals surface area contributed by atoms with Crippen LogP contribution < -0.4 is 20.4 Å². The van der Waals surface area contributed by atoms with Crippen LogP contribution in [0.15, 0.2) is 42.6 Å². The molecule has 1 aliphatic rings. The van der Waals surface area contributed by atoms with Crippen molar-refractivity contribution in [3.05, 3.63) is 64.8 Å². The van der Waals surface area contributed by atoms with Gasteiger partial charge in [0.1, 0.15) is 11.5 Å². The molecule has 14 heteroatoms. The third-order valence-corrected chi connectivity index (χ3v) is 6.82. The maximum Gasteiger partial charge on any atom is 0.334 e. The molecule has 0 atom stereocenters. The van der Waals surface area contributed by atoms with Gasteiger partial charge in [-0.1, -0.05) is 17.7 Å². The SMILES string of the molecule is CCN1C(=O)N(c2c(F)cc(NCCNCCS(=O)(=O)O)cc2F)c2cc(C#N)ccc2-c2cc(Cl)cnc21. The number of hydrogen-bond donors (Lipinski definition) is 3. The summed E-state index contributed by atoms with van der Waals surface area (Å²) in [6, 6.07) is 9.34. The summed E-state index contributed by atoms with van der Waals surface area (Å²) in [6.45, 7) is 2.25. The average molecular weight is 577 g/mol. The van der Waals surface area contributed by atoms with Gasteiger partial charge in [0.25, 0.3) is 10.1 Å². The van der Waals surface area contributed by atoms with E-state index < -0.39 is 39.2 Å². The maximum atomic E-state index is 15.6. The lowest BCUT2D eigenvalue weighted by Crippen LogP contribution is -2.41. The molecule has 2 aromatic carbocycles. The van der Waals surface area contributed by atoms with Crippen molar-refractivity contribution in [2.24, 2.45) is 0 Å². The Morgan fingerprint density at radius 1 is 1.10 bits per heavy atom. The predicted molar refractivity (Wildman–Crippen MR) is 144 cm³/mol. The smallest absolute Gasteiger partial charge is 0.334 e. The highest BCUT2D eigenvalue weighted by Crippen LogP contribution is 2.45. The van der Waals surface area contributed by atoms with E-state index in [0.717, 1.165) is 17.0 Å². The van der Waals surface area contributed by atoms with Crippen molar-refractivity contribution in [2.75, 3.05) is 47.0 Å². The normalized spacial score (nSPS) is 13.0. The number of aromatic nitrogens is 1. The lowest BCUT2D eigenvalue weighted by atomic mass is 10.0. The first-order valence-electron chi connectivity index (χ1n) is 11.7. The zero-order valence-corrected chi connectivity index (χ0v) is 22.2. The number of urea groups is 1. The van der Waals surface area contributed by atoms with Crippen LogP contribution in [0, 0.1) is 23.0 Å². The molecule has 3 aromatic rings. The molecular weight excluding hydrogens is 554 g/mol. The first-order chi connectivity index (χ1) is 18.5. The molecule has 0 radical (unpaired) electrons. The molecule has 10 nitrogen and oxygen atoms in total. The van der Waals surface area contributed by atoms with Crippen molar-refractivity contribution >= 4 is 50.6 Å². The van der Waals surface area contributed by atoms with Gasteiger partial charge >= 0.3 is 6.03 Å². The Hall–Kier alpha value is -3.83. The quantitative estimate of drug-likeness (QED) is 0.249. The molecule has 0 aliphatic carbocycles. The van der Waals surface area contributed by atoms with Crippen LogP contribution in [0.25, 0.3) is 11.1 Å². The summed E-state index contributed by atoms with van der Waals surface area (Å²) in [5.74, 6) is -2.29. The van der Waals surface area contributed by atoms with E-state index >= 15 is 8.78 Å². The third-order valence-electron chi connectivity index (χ3n) is 5.89. The predicted octanol–water partition coefficient (Wildman–Crippen LogP) is 4.54. The van der Waals surface area contributed by atoms with E-state index in [9.17, 15) is 18.5 Å². The number of benzene rings is 2. The van der Waals surface area contributed by atoms with E-state index in [1.165, 1.54) is 23.2 Å². The van der Waals surface area contributed by atoms with Gasteiger partial charge in [-0.3, -0.25) is 14.4 Å². The molecule has 0 spiro atoms. The van der Waals surface area contributed by atoms with E-state index in [2.05, 4.69) is 15.6 Å². The van der Waals surface area contributed by atoms with Crippen LogP contribution in [0.3, 0.4) is 0 Å². The van der Waals surface area contributed by atoms with Crippen LogP contribution in [0.1, 0.15) is 12.5 Å². The van der Waals surface area contributed by atoms with Crippen LogP contribution in [-0.4, -0.2) is 55.9 Å². The lowest BCUT2D eigenvalue weighted by Gasteiger charge is -2.28. The van der Waals surface area contributed by atoms with Crippen molar-refractivity contribution in [3.8, 4) is 17.2 Å². The van der Waals surface area contributed by atoms with E-state index in [0.29, 0.717) is 16.1 Å². The van der Waals surface area contributed by atoms with Crippen molar-refractivity contribution < 1.29 is 26.5 Å². The number of amides is 2. The highest BCUT2D eigenvalue weighted by molar-refractivity contribution is 7.85. The molecule has 1 aliphatic heterocycles. The van der Waals surface area contributed by atoms with Gasteiger partial charge in [0, 0.05) is 49.2 Å². The Labute approximate surface area is 228 Å². The van der Waals surface area contributed by atoms with Crippen molar-refractivity contribution in [1.29, 1.82) is 5.26 Å². The number of hydrogen-bond acceptors (Lipinski definition) is 7. The highest BCUT2D eigenvalue weighted by Gasteiger charge is 2.36. The number of halogens is 3. The average Bonchev–Trinajstić information content (AvgIpc) is 2.97. The Bertz CT molecular complexity index is 1560. The van der Waals surface area contributed by atoms with Crippen LogP contribution in [0.5, 0.6) is 0 Å². The molecule has 204 valence electrons. The van der Waals surface area contributed by atoms with Gasteiger partial charge < -0.3 is 10.6 Å². The molecule has 2 amide bonds. The van der Waals surface area contributed by atoms with Crippen molar-refractivity contribution in [2.45, 2.75) is 6.92 Å². The fourth-order valence-electron chi connectivity index (χ4n) is 4.18. The largest absolute Gasteiger partial charge is 0.384 e. The zero-order chi connectivity index (χ0) is 28.3. The minimum Gasteiger partial charge on any atom is -0.384 e. The molecule has 0 fully saturated rings. The highest BCUT2D eigenvalue weighted by atomic mass is 35.5. The van der Waals surface area contributed by atoms with E-state index in [4.69, 9.17) is 16.2 Å². The Morgan fingerprint density at radius 2 is 1.82 bits per heavy atom. The van der Waals surface area contributed by atoms with Gasteiger partial charge in [-0.25, -0.2) is 18.6 Å². The molecule has 1 aromatic heterocycles. The number of carbonyl (C=O) groups excluding carboxylic acids is 1. The van der Waals surface area contributed by atoms with Gasteiger partial charge in [-0.05, 0) is 37.3 Å². The van der Waals surface area contributed by atoms with Gasteiger partial charge in [-0.2, -0.15) is 13.7 Å². The maximum absolute atomic E-state index is 15.6. The Morgan fingerprint density at radius 3 is 2.46 bits per heavy atom. The topological polar surface area (TPSA) is 139 Å². The summed E-state index contributed by atoms with van der Waals surface area (Å²) in [5, 5.41) is 15.4. The van der Waals surface area contributed by atoms with E-state index in [1.54, 1.807) is 19.1 Å². The molecule has 39 heavy (non-hydrogen) atoms. The number of fused-ring (bicyclic) bond motifs is 3. The number of nitrogens with zero attached hydrogens (tertiary/aromatic N) is 4. The molecule has 0 unspecified atom stereocenters. The van der Waals surface area contributed by atoms with Gasteiger partial charge in [0.2, 0.25) is 0 Å². The van der Waals surface area contributed by atoms with Crippen LogP contribution in [0.2, 0.25) is 5.02 Å². The molecule has 4 rings (SSSR count). The number of rotatable bonds is 9. The van der Waals surface area contributed by atoms with Crippen LogP contribution >= 0.6 is 11.6 Å². The molecule has 0 bridgehead atoms. The molecule has 0 saturated carbocycles. The van der Waals surface area contributed by atoms with Crippen LogP contribution in [0.4, 0.5) is 36.5 Å². The summed E-state index contributed by atoms with van der Waals surface area (Å²) >= 11 is 6.19. The monoisotopic (exact) mass is 576 g/mol. The zero-order valence-electron chi connectivity index (χ0n) is 20.6. The van der Waals surface area contributed by atoms with Gasteiger partial charge in [0.05, 0.1) is 28.1 Å². The van der Waals surface area contributed by atoms with Gasteiger partial charge in [-0.15, -0.1) is 0 Å². The fraction of sp³-hybridized carbons (Fsp3) is 0.240. The van der Waals surface area contributed by atoms with Crippen molar-refractivity contribution in [3.63, 3.8) is 0 Å². The summed E-state index contributed by atoms with van der Waals surface area (Å²) in [7, 11) is -4.09. The number of carbonyl (C=O) groups is 1. The standard InChI is InChI=1S/C25H23ClF2N6O4S/c1-2-33-24-19(10-16(26)14-32-24)18-4-3-15(13-29)9-22(18)34(25(33)35)23-20(27)11-17(12-21(23)28)31-6-5-30-7-8-39(36,37)38/h3-4,9-12,14,30-31H,2,5-8H2,1H3,(H,36,37,38). The molecule has 3 N–H and O–H groups in total. The minimum atomic E-state index is -4.09. The molecule has 0 saturated heterocycles. The number of anilines is 4. The molecule has 2 heterocycles. The minimum absolute atomic E-state index is 0.000272. The summed E-state index contributed by atoms with van der Waals surface area (Å²) in [6.07, 6.45) is 1.37. The second-order valence-electron chi connectivity index (χ2n) is 8.48.